The van der Waals surface area contributed by atoms with Crippen molar-refractivity contribution in [1.29, 1.82) is 5.26 Å². The number of nitrogens with one attached hydrogen (secondary N) is 1. The minimum Gasteiger partial charge on any atom is -0.482 e. The fourth-order valence-electron chi connectivity index (χ4n) is 2.11. The maximum absolute atomic E-state index is 11.9. The zero-order valence-electron chi connectivity index (χ0n) is 13.9. The lowest BCUT2D eigenvalue weighted by atomic mass is 10.1. The number of rotatable bonds is 8. The molecule has 2 aromatic carbocycles. The fourth-order valence-corrected chi connectivity index (χ4v) is 2.11. The van der Waals surface area contributed by atoms with Crippen molar-refractivity contribution in [2.45, 2.75) is 12.8 Å². The van der Waals surface area contributed by atoms with Gasteiger partial charge in [0.1, 0.15) is 11.8 Å². The highest BCUT2D eigenvalue weighted by Gasteiger charge is 2.09. The van der Waals surface area contributed by atoms with Crippen LogP contribution in [0.15, 0.2) is 59.7 Å². The quantitative estimate of drug-likeness (QED) is 0.560. The van der Waals surface area contributed by atoms with E-state index in [2.05, 4.69) is 10.5 Å². The van der Waals surface area contributed by atoms with E-state index >= 15 is 0 Å². The molecule has 0 fully saturated rings. The summed E-state index contributed by atoms with van der Waals surface area (Å²) in [4.78, 5) is 22.8. The fraction of sp³-hybridized carbons (Fsp3) is 0.158. The average molecular weight is 351 g/mol. The van der Waals surface area contributed by atoms with Gasteiger partial charge in [-0.3, -0.25) is 9.59 Å². The molecule has 0 atom stereocenters. The van der Waals surface area contributed by atoms with E-state index in [9.17, 15) is 9.59 Å². The van der Waals surface area contributed by atoms with Crippen LogP contribution in [0.4, 0.5) is 0 Å². The molecule has 132 valence electrons. The van der Waals surface area contributed by atoms with Crippen molar-refractivity contribution in [3.8, 4) is 11.8 Å². The Morgan fingerprint density at radius 2 is 1.77 bits per heavy atom. The molecule has 0 radical (unpaired) electrons. The van der Waals surface area contributed by atoms with Gasteiger partial charge in [-0.2, -0.15) is 10.4 Å². The van der Waals surface area contributed by atoms with E-state index in [-0.39, 0.29) is 19.4 Å². The molecule has 2 aromatic rings. The summed E-state index contributed by atoms with van der Waals surface area (Å²) in [7, 11) is 0. The van der Waals surface area contributed by atoms with Gasteiger partial charge < -0.3 is 9.84 Å². The number of amides is 1. The molecule has 2 N–H and O–H groups in total. The number of nitrogens with zero attached hydrogens (tertiary/aromatic N) is 2. The van der Waals surface area contributed by atoms with Gasteiger partial charge in [-0.1, -0.05) is 42.5 Å². The number of ether oxygens (including phenoxy) is 1. The number of nitriles is 1. The maximum atomic E-state index is 11.9. The van der Waals surface area contributed by atoms with Gasteiger partial charge in [0.15, 0.2) is 6.61 Å². The molecule has 0 bridgehead atoms. The van der Waals surface area contributed by atoms with Crippen molar-refractivity contribution in [2.24, 2.45) is 5.10 Å². The molecular formula is C19H17N3O4. The van der Waals surface area contributed by atoms with Gasteiger partial charge >= 0.3 is 5.97 Å². The zero-order chi connectivity index (χ0) is 18.8. The second-order valence-electron chi connectivity index (χ2n) is 5.25. The maximum Gasteiger partial charge on any atom is 0.303 e. The first-order valence-corrected chi connectivity index (χ1v) is 7.84. The largest absolute Gasteiger partial charge is 0.482 e. The lowest BCUT2D eigenvalue weighted by molar-refractivity contribution is -0.136. The standard InChI is InChI=1S/C19H17N3O4/c20-12-15-8-4-5-9-17(15)26-13-18(23)22-21-16(10-11-19(24)25)14-6-2-1-3-7-14/h1-9H,10-11,13H2,(H,22,23)(H,24,25)/b21-16+. The van der Waals surface area contributed by atoms with Crippen LogP contribution >= 0.6 is 0 Å². The zero-order valence-corrected chi connectivity index (χ0v) is 13.9. The molecule has 0 unspecified atom stereocenters. The van der Waals surface area contributed by atoms with E-state index < -0.39 is 11.9 Å². The van der Waals surface area contributed by atoms with Gasteiger partial charge in [0.25, 0.3) is 5.91 Å². The van der Waals surface area contributed by atoms with Crippen molar-refractivity contribution >= 4 is 17.6 Å². The first-order valence-electron chi connectivity index (χ1n) is 7.84. The number of carbonyl (C=O) groups excluding carboxylic acids is 1. The van der Waals surface area contributed by atoms with Crippen molar-refractivity contribution in [1.82, 2.24) is 5.43 Å². The predicted molar refractivity (Wildman–Crippen MR) is 94.6 cm³/mol. The van der Waals surface area contributed by atoms with E-state index in [1.54, 1.807) is 48.5 Å². The third-order valence-electron chi connectivity index (χ3n) is 3.36. The summed E-state index contributed by atoms with van der Waals surface area (Å²) in [5.74, 6) is -1.15. The summed E-state index contributed by atoms with van der Waals surface area (Å²) in [5.41, 5.74) is 3.87. The molecule has 2 rings (SSSR count). The van der Waals surface area contributed by atoms with Crippen LogP contribution in [0.1, 0.15) is 24.0 Å². The van der Waals surface area contributed by atoms with Gasteiger partial charge in [0, 0.05) is 6.42 Å². The van der Waals surface area contributed by atoms with Crippen LogP contribution in [0, 0.1) is 11.3 Å². The minimum atomic E-state index is -0.948. The summed E-state index contributed by atoms with van der Waals surface area (Å²) in [6.45, 7) is -0.316. The molecule has 0 heterocycles. The van der Waals surface area contributed by atoms with Crippen LogP contribution in [-0.4, -0.2) is 29.3 Å². The average Bonchev–Trinajstić information content (AvgIpc) is 2.67. The summed E-state index contributed by atoms with van der Waals surface area (Å²) in [6.07, 6.45) is 0.0768. The Bertz CT molecular complexity index is 841. The Balaban J connectivity index is 2.00. The molecule has 1 amide bonds. The normalized spacial score (nSPS) is 10.7. The first kappa shape index (κ1) is 18.7. The Kier molecular flexibility index (Phi) is 6.89. The highest BCUT2D eigenvalue weighted by atomic mass is 16.5. The SMILES string of the molecule is N#Cc1ccccc1OCC(=O)N/N=C(\CCC(=O)O)c1ccccc1. The first-order chi connectivity index (χ1) is 12.6. The second-order valence-corrected chi connectivity index (χ2v) is 5.25. The second kappa shape index (κ2) is 9.59. The van der Waals surface area contributed by atoms with Crippen LogP contribution in [0.3, 0.4) is 0 Å². The Hall–Kier alpha value is -3.66. The van der Waals surface area contributed by atoms with E-state index in [1.807, 2.05) is 12.1 Å². The molecule has 0 aliphatic carbocycles. The van der Waals surface area contributed by atoms with Gasteiger partial charge in [-0.05, 0) is 17.7 Å². The van der Waals surface area contributed by atoms with Gasteiger partial charge in [0.2, 0.25) is 0 Å². The molecule has 0 saturated carbocycles. The summed E-state index contributed by atoms with van der Waals surface area (Å²) in [5, 5.41) is 21.9. The number of carboxylic acid groups (broad SMARTS) is 1. The van der Waals surface area contributed by atoms with Crippen molar-refractivity contribution in [2.75, 3.05) is 6.61 Å². The molecule has 0 spiro atoms. The number of carboxylic acids is 1. The van der Waals surface area contributed by atoms with E-state index in [0.29, 0.717) is 17.0 Å². The number of hydrogen-bond acceptors (Lipinski definition) is 5. The number of benzene rings is 2. The number of hydrazone groups is 1. The molecule has 0 saturated heterocycles. The Morgan fingerprint density at radius 3 is 2.46 bits per heavy atom. The van der Waals surface area contributed by atoms with Crippen LogP contribution in [0.2, 0.25) is 0 Å². The molecule has 0 aromatic heterocycles. The highest BCUT2D eigenvalue weighted by Crippen LogP contribution is 2.16. The molecule has 7 nitrogen and oxygen atoms in total. The summed E-state index contributed by atoms with van der Waals surface area (Å²) < 4.78 is 5.33. The van der Waals surface area contributed by atoms with Gasteiger partial charge in [-0.25, -0.2) is 5.43 Å². The third-order valence-corrected chi connectivity index (χ3v) is 3.36. The molecule has 26 heavy (non-hydrogen) atoms. The number of para-hydroxylation sites is 1. The lowest BCUT2D eigenvalue weighted by Gasteiger charge is -2.08. The lowest BCUT2D eigenvalue weighted by Crippen LogP contribution is -2.26. The summed E-state index contributed by atoms with van der Waals surface area (Å²) in [6, 6.07) is 17.6. The monoisotopic (exact) mass is 351 g/mol. The van der Waals surface area contributed by atoms with Crippen molar-refractivity contribution < 1.29 is 19.4 Å². The van der Waals surface area contributed by atoms with Crippen molar-refractivity contribution in [3.05, 3.63) is 65.7 Å². The minimum absolute atomic E-state index is 0.102. The van der Waals surface area contributed by atoms with Crippen LogP contribution in [0.25, 0.3) is 0 Å². The smallest absolute Gasteiger partial charge is 0.303 e. The topological polar surface area (TPSA) is 112 Å². The highest BCUT2D eigenvalue weighted by molar-refractivity contribution is 6.02. The van der Waals surface area contributed by atoms with Crippen LogP contribution in [0.5, 0.6) is 5.75 Å². The molecule has 0 aliphatic heterocycles. The Labute approximate surface area is 150 Å². The molecule has 0 aliphatic rings. The predicted octanol–water partition coefficient (Wildman–Crippen LogP) is 2.32. The van der Waals surface area contributed by atoms with E-state index in [0.717, 1.165) is 5.56 Å². The third kappa shape index (κ3) is 5.76. The van der Waals surface area contributed by atoms with Crippen LogP contribution in [-0.2, 0) is 9.59 Å². The van der Waals surface area contributed by atoms with E-state index in [1.165, 1.54) is 0 Å². The van der Waals surface area contributed by atoms with Crippen LogP contribution < -0.4 is 10.2 Å². The van der Waals surface area contributed by atoms with Gasteiger partial charge in [-0.15, -0.1) is 0 Å². The summed E-state index contributed by atoms with van der Waals surface area (Å²) >= 11 is 0. The number of aliphatic carboxylic acids is 1. The van der Waals surface area contributed by atoms with E-state index in [4.69, 9.17) is 15.1 Å². The Morgan fingerprint density at radius 1 is 1.08 bits per heavy atom. The number of carbonyl (C=O) groups is 2. The number of hydrogen-bond donors (Lipinski definition) is 2. The van der Waals surface area contributed by atoms with Crippen molar-refractivity contribution in [3.63, 3.8) is 0 Å². The molecular weight excluding hydrogens is 334 g/mol. The molecule has 7 heteroatoms. The van der Waals surface area contributed by atoms with Gasteiger partial charge in [0.05, 0.1) is 17.7 Å².